The van der Waals surface area contributed by atoms with Gasteiger partial charge in [0.15, 0.2) is 0 Å². The van der Waals surface area contributed by atoms with Gasteiger partial charge in [-0.2, -0.15) is 0 Å². The Morgan fingerprint density at radius 2 is 2.03 bits per heavy atom. The number of hydrogen-bond donors (Lipinski definition) is 4. The van der Waals surface area contributed by atoms with Gasteiger partial charge in [-0.25, -0.2) is 4.79 Å². The Balaban J connectivity index is 1.35. The summed E-state index contributed by atoms with van der Waals surface area (Å²) >= 11 is 0. The lowest BCUT2D eigenvalue weighted by molar-refractivity contribution is -0.148. The zero-order chi connectivity index (χ0) is 22.0. The monoisotopic (exact) mass is 427 g/mol. The second-order valence-corrected chi connectivity index (χ2v) is 8.79. The lowest BCUT2D eigenvalue weighted by atomic mass is 9.63. The van der Waals surface area contributed by atoms with E-state index in [-0.39, 0.29) is 17.4 Å². The van der Waals surface area contributed by atoms with Crippen LogP contribution in [0.4, 0.5) is 4.79 Å². The lowest BCUT2D eigenvalue weighted by Crippen LogP contribution is -2.56. The number of aliphatic hydroxyl groups is 1. The second-order valence-electron chi connectivity index (χ2n) is 8.79. The van der Waals surface area contributed by atoms with Crippen LogP contribution in [0.2, 0.25) is 0 Å². The molecule has 0 saturated heterocycles. The molecule has 0 spiro atoms. The maximum absolute atomic E-state index is 12.8. The molecule has 5 N–H and O–H groups in total. The van der Waals surface area contributed by atoms with Gasteiger partial charge in [-0.05, 0) is 74.6 Å². The van der Waals surface area contributed by atoms with Crippen LogP contribution in [0.25, 0.3) is 10.9 Å². The van der Waals surface area contributed by atoms with Crippen molar-refractivity contribution in [1.29, 1.82) is 0 Å². The van der Waals surface area contributed by atoms with Crippen LogP contribution in [-0.2, 0) is 4.79 Å². The molecule has 3 amide bonds. The minimum absolute atomic E-state index is 0.0155. The number of hydrogen-bond acceptors (Lipinski definition) is 5. The van der Waals surface area contributed by atoms with Crippen molar-refractivity contribution in [3.8, 4) is 5.75 Å². The average molecular weight is 428 g/mol. The molecule has 1 heterocycles. The minimum Gasteiger partial charge on any atom is -0.494 e. The summed E-state index contributed by atoms with van der Waals surface area (Å²) in [4.78, 5) is 38.2. The van der Waals surface area contributed by atoms with E-state index in [1.807, 2.05) is 18.2 Å². The molecule has 0 bridgehead atoms. The molecule has 2 aliphatic carbocycles. The van der Waals surface area contributed by atoms with Crippen LogP contribution in [0.1, 0.15) is 44.9 Å². The highest BCUT2D eigenvalue weighted by Crippen LogP contribution is 2.55. The molecule has 8 nitrogen and oxygen atoms in total. The van der Waals surface area contributed by atoms with Gasteiger partial charge in [0, 0.05) is 17.0 Å². The molecule has 1 unspecified atom stereocenters. The van der Waals surface area contributed by atoms with Gasteiger partial charge in [-0.1, -0.05) is 6.42 Å². The third-order valence-electron chi connectivity index (χ3n) is 6.79. The maximum atomic E-state index is 12.8. The highest BCUT2D eigenvalue weighted by molar-refractivity contribution is 5.97. The van der Waals surface area contributed by atoms with Crippen LogP contribution in [0.15, 0.2) is 35.1 Å². The number of benzene rings is 1. The first-order chi connectivity index (χ1) is 14.9. The third kappa shape index (κ3) is 4.44. The highest BCUT2D eigenvalue weighted by Gasteiger charge is 2.58. The van der Waals surface area contributed by atoms with Gasteiger partial charge in [0.2, 0.25) is 11.5 Å². The molecule has 2 saturated carbocycles. The number of aromatic nitrogens is 1. The van der Waals surface area contributed by atoms with E-state index in [1.54, 1.807) is 6.07 Å². The number of aromatic amines is 1. The zero-order valence-electron chi connectivity index (χ0n) is 17.4. The molecule has 2 fully saturated rings. The number of amides is 3. The van der Waals surface area contributed by atoms with Gasteiger partial charge in [0.1, 0.15) is 5.75 Å². The summed E-state index contributed by atoms with van der Waals surface area (Å²) in [6.07, 6.45) is 4.76. The van der Waals surface area contributed by atoms with Gasteiger partial charge in [0.25, 0.3) is 0 Å². The van der Waals surface area contributed by atoms with Crippen LogP contribution < -0.4 is 21.3 Å². The molecule has 0 radical (unpaired) electrons. The Kier molecular flexibility index (Phi) is 6.00. The van der Waals surface area contributed by atoms with Crippen molar-refractivity contribution in [3.63, 3.8) is 0 Å². The first kappa shape index (κ1) is 21.4. The molecular weight excluding hydrogens is 398 g/mol. The van der Waals surface area contributed by atoms with Crippen LogP contribution in [-0.4, -0.2) is 34.7 Å². The summed E-state index contributed by atoms with van der Waals surface area (Å²) in [5.74, 6) is 0.394. The lowest BCUT2D eigenvalue weighted by Gasteiger charge is -2.44. The van der Waals surface area contributed by atoms with Gasteiger partial charge in [-0.3, -0.25) is 14.9 Å². The summed E-state index contributed by atoms with van der Waals surface area (Å²) in [5, 5.41) is 14.3. The van der Waals surface area contributed by atoms with Crippen molar-refractivity contribution in [1.82, 2.24) is 10.3 Å². The van der Waals surface area contributed by atoms with Crippen LogP contribution in [0.5, 0.6) is 5.75 Å². The average Bonchev–Trinajstić information content (AvgIpc) is 3.57. The van der Waals surface area contributed by atoms with E-state index in [0.717, 1.165) is 55.2 Å². The Bertz CT molecular complexity index is 1030. The molecule has 8 heteroatoms. The van der Waals surface area contributed by atoms with Crippen LogP contribution in [0, 0.1) is 17.3 Å². The van der Waals surface area contributed by atoms with Gasteiger partial charge in [0.05, 0.1) is 18.1 Å². The van der Waals surface area contributed by atoms with Crippen LogP contribution in [0.3, 0.4) is 0 Å². The number of rotatable bonds is 7. The Morgan fingerprint density at radius 1 is 1.23 bits per heavy atom. The fourth-order valence-corrected chi connectivity index (χ4v) is 5.15. The number of pyridine rings is 1. The summed E-state index contributed by atoms with van der Waals surface area (Å²) in [7, 11) is 0. The van der Waals surface area contributed by atoms with Crippen molar-refractivity contribution in [3.05, 3.63) is 40.7 Å². The highest BCUT2D eigenvalue weighted by atomic mass is 16.5. The largest absolute Gasteiger partial charge is 0.494 e. The Morgan fingerprint density at radius 3 is 2.77 bits per heavy atom. The number of fused-ring (bicyclic) bond motifs is 1. The number of imide groups is 1. The molecule has 1 aromatic carbocycles. The fourth-order valence-electron chi connectivity index (χ4n) is 5.15. The summed E-state index contributed by atoms with van der Waals surface area (Å²) in [5.41, 5.74) is 4.88. The van der Waals surface area contributed by atoms with Crippen molar-refractivity contribution in [2.75, 3.05) is 6.61 Å². The maximum Gasteiger partial charge on any atom is 0.318 e. The number of primary amides is 1. The Hall–Kier alpha value is -2.87. The number of H-pyrrole nitrogens is 1. The number of carbonyl (C=O) groups is 2. The molecule has 31 heavy (non-hydrogen) atoms. The predicted octanol–water partition coefficient (Wildman–Crippen LogP) is 2.44. The van der Waals surface area contributed by atoms with Gasteiger partial charge < -0.3 is 20.6 Å². The molecule has 0 aliphatic heterocycles. The predicted molar refractivity (Wildman–Crippen MR) is 116 cm³/mol. The first-order valence-electron chi connectivity index (χ1n) is 10.9. The quantitative estimate of drug-likeness (QED) is 0.504. The SMILES string of the molecule is NC(=O)NC(=O)C1(C2CC2)CCC[C@H](CCCOc2ccc3[nH]c(=O)ccc3c2)[C@H]1O. The number of carbonyl (C=O) groups excluding carboxylic acids is 2. The zero-order valence-corrected chi connectivity index (χ0v) is 17.4. The van der Waals surface area contributed by atoms with Gasteiger partial charge >= 0.3 is 6.03 Å². The van der Waals surface area contributed by atoms with Crippen LogP contribution >= 0.6 is 0 Å². The molecule has 4 rings (SSSR count). The topological polar surface area (TPSA) is 135 Å². The van der Waals surface area contributed by atoms with E-state index in [9.17, 15) is 19.5 Å². The standard InChI is InChI=1S/C23H29N3O5/c24-22(30)26-21(29)23(16-6-7-16)11-1-3-14(20(23)28)4-2-12-31-17-8-9-18-15(13-17)5-10-19(27)25-18/h5,8-10,13-14,16,20,28H,1-4,6-7,11-12H2,(H,25,27)(H3,24,26,29,30)/t14-,20-,23?/m1/s1. The number of nitrogens with one attached hydrogen (secondary N) is 2. The summed E-state index contributed by atoms with van der Waals surface area (Å²) < 4.78 is 5.87. The van der Waals surface area contributed by atoms with Crippen molar-refractivity contribution >= 4 is 22.8 Å². The fraction of sp³-hybridized carbons (Fsp3) is 0.522. The van der Waals surface area contributed by atoms with E-state index in [2.05, 4.69) is 10.3 Å². The van der Waals surface area contributed by atoms with Crippen molar-refractivity contribution in [2.45, 2.75) is 51.0 Å². The van der Waals surface area contributed by atoms with E-state index in [0.29, 0.717) is 13.0 Å². The molecule has 2 aliphatic rings. The normalized spacial score (nSPS) is 25.8. The summed E-state index contributed by atoms with van der Waals surface area (Å²) in [6, 6.07) is 7.89. The first-order valence-corrected chi connectivity index (χ1v) is 10.9. The second kappa shape index (κ2) is 8.70. The molecule has 1 aromatic heterocycles. The third-order valence-corrected chi connectivity index (χ3v) is 6.79. The van der Waals surface area contributed by atoms with E-state index < -0.39 is 23.5 Å². The molecule has 3 atom stereocenters. The number of ether oxygens (including phenoxy) is 1. The summed E-state index contributed by atoms with van der Waals surface area (Å²) in [6.45, 7) is 0.488. The molecule has 166 valence electrons. The molecular formula is C23H29N3O5. The Labute approximate surface area is 180 Å². The van der Waals surface area contributed by atoms with E-state index >= 15 is 0 Å². The van der Waals surface area contributed by atoms with Crippen molar-refractivity contribution < 1.29 is 19.4 Å². The number of nitrogens with two attached hydrogens (primary N) is 1. The smallest absolute Gasteiger partial charge is 0.318 e. The van der Waals surface area contributed by atoms with E-state index in [4.69, 9.17) is 10.5 Å². The minimum atomic E-state index is -0.909. The number of urea groups is 1. The van der Waals surface area contributed by atoms with Crippen molar-refractivity contribution in [2.24, 2.45) is 23.0 Å². The molecule has 2 aromatic rings. The van der Waals surface area contributed by atoms with Gasteiger partial charge in [-0.15, -0.1) is 0 Å². The number of aliphatic hydroxyl groups excluding tert-OH is 1. The van der Waals surface area contributed by atoms with E-state index in [1.165, 1.54) is 6.07 Å².